The van der Waals surface area contributed by atoms with Crippen LogP contribution in [0, 0.1) is 0 Å². The molecular weight excluding hydrogens is 240 g/mol. The first-order valence-electron chi connectivity index (χ1n) is 5.58. The van der Waals surface area contributed by atoms with Crippen LogP contribution in [0.1, 0.15) is 24.3 Å². The number of carbonyl (C=O) groups is 1. The van der Waals surface area contributed by atoms with E-state index in [1.165, 1.54) is 12.5 Å². The number of hydrogen-bond donors (Lipinski definition) is 1. The van der Waals surface area contributed by atoms with E-state index in [0.717, 1.165) is 0 Å². The first kappa shape index (κ1) is 12.3. The van der Waals surface area contributed by atoms with Crippen molar-refractivity contribution in [2.45, 2.75) is 25.9 Å². The van der Waals surface area contributed by atoms with Crippen molar-refractivity contribution in [2.75, 3.05) is 13.1 Å². The fraction of sp³-hybridized carbons (Fsp3) is 0.545. The van der Waals surface area contributed by atoms with Crippen molar-refractivity contribution in [3.05, 3.63) is 23.2 Å². The Morgan fingerprint density at radius 3 is 2.71 bits per heavy atom. The van der Waals surface area contributed by atoms with Crippen LogP contribution in [0.4, 0.5) is 0 Å². The van der Waals surface area contributed by atoms with Crippen LogP contribution in [0.2, 0.25) is 5.02 Å². The van der Waals surface area contributed by atoms with Gasteiger partial charge in [-0.15, -0.1) is 0 Å². The molecule has 17 heavy (non-hydrogen) atoms. The second kappa shape index (κ2) is 4.98. The SMILES string of the molecule is C[C@@H]1CN(C(=O)c2ncncc2Cl)C[C@H](C)N1. The summed E-state index contributed by atoms with van der Waals surface area (Å²) in [5.74, 6) is -0.127. The van der Waals surface area contributed by atoms with Gasteiger partial charge < -0.3 is 10.2 Å². The topological polar surface area (TPSA) is 58.1 Å². The zero-order chi connectivity index (χ0) is 12.4. The largest absolute Gasteiger partial charge is 0.334 e. The predicted molar refractivity (Wildman–Crippen MR) is 65.0 cm³/mol. The highest BCUT2D eigenvalue weighted by molar-refractivity contribution is 6.33. The Kier molecular flexibility index (Phi) is 3.59. The Hall–Kier alpha value is -1.20. The van der Waals surface area contributed by atoms with Crippen LogP contribution in [0.3, 0.4) is 0 Å². The molecule has 1 aliphatic heterocycles. The van der Waals surface area contributed by atoms with Crippen LogP contribution < -0.4 is 5.32 Å². The highest BCUT2D eigenvalue weighted by Gasteiger charge is 2.27. The van der Waals surface area contributed by atoms with E-state index in [1.54, 1.807) is 4.90 Å². The van der Waals surface area contributed by atoms with Crippen molar-refractivity contribution in [2.24, 2.45) is 0 Å². The van der Waals surface area contributed by atoms with Gasteiger partial charge in [0.2, 0.25) is 0 Å². The maximum Gasteiger partial charge on any atom is 0.274 e. The van der Waals surface area contributed by atoms with E-state index >= 15 is 0 Å². The van der Waals surface area contributed by atoms with Gasteiger partial charge in [0.15, 0.2) is 0 Å². The number of aromatic nitrogens is 2. The number of nitrogens with zero attached hydrogens (tertiary/aromatic N) is 3. The molecule has 6 heteroatoms. The highest BCUT2D eigenvalue weighted by Crippen LogP contribution is 2.15. The molecule has 1 amide bonds. The molecule has 5 nitrogen and oxygen atoms in total. The van der Waals surface area contributed by atoms with Crippen LogP contribution in [-0.2, 0) is 0 Å². The zero-order valence-electron chi connectivity index (χ0n) is 9.85. The smallest absolute Gasteiger partial charge is 0.274 e. The third-order valence-corrected chi connectivity index (χ3v) is 2.99. The molecule has 0 bridgehead atoms. The van der Waals surface area contributed by atoms with Crippen LogP contribution in [0.15, 0.2) is 12.5 Å². The number of nitrogens with one attached hydrogen (secondary N) is 1. The van der Waals surface area contributed by atoms with Crippen LogP contribution in [-0.4, -0.2) is 45.9 Å². The minimum absolute atomic E-state index is 0.127. The summed E-state index contributed by atoms with van der Waals surface area (Å²) in [6, 6.07) is 0.562. The Morgan fingerprint density at radius 1 is 1.47 bits per heavy atom. The summed E-state index contributed by atoms with van der Waals surface area (Å²) in [6.45, 7) is 5.45. The Morgan fingerprint density at radius 2 is 2.12 bits per heavy atom. The summed E-state index contributed by atoms with van der Waals surface area (Å²) in [6.07, 6.45) is 2.78. The number of halogens is 1. The molecule has 1 aliphatic rings. The molecule has 1 aromatic rings. The molecular formula is C11H15ClN4O. The van der Waals surface area contributed by atoms with Crippen LogP contribution in [0.5, 0.6) is 0 Å². The highest BCUT2D eigenvalue weighted by atomic mass is 35.5. The molecule has 2 atom stereocenters. The van der Waals surface area contributed by atoms with Gasteiger partial charge >= 0.3 is 0 Å². The molecule has 0 saturated carbocycles. The fourth-order valence-corrected chi connectivity index (χ4v) is 2.30. The van der Waals surface area contributed by atoms with Crippen molar-refractivity contribution in [3.8, 4) is 0 Å². The van der Waals surface area contributed by atoms with E-state index in [2.05, 4.69) is 29.1 Å². The summed E-state index contributed by atoms with van der Waals surface area (Å²) in [4.78, 5) is 21.7. The zero-order valence-corrected chi connectivity index (χ0v) is 10.6. The Bertz CT molecular complexity index is 416. The van der Waals surface area contributed by atoms with E-state index in [4.69, 9.17) is 11.6 Å². The van der Waals surface area contributed by atoms with Gasteiger partial charge in [0.1, 0.15) is 12.0 Å². The summed E-state index contributed by atoms with van der Waals surface area (Å²) < 4.78 is 0. The van der Waals surface area contributed by atoms with Gasteiger partial charge in [-0.1, -0.05) is 11.6 Å². The van der Waals surface area contributed by atoms with Crippen LogP contribution >= 0.6 is 11.6 Å². The van der Waals surface area contributed by atoms with E-state index in [1.807, 2.05) is 0 Å². The molecule has 0 spiro atoms. The average Bonchev–Trinajstić information content (AvgIpc) is 2.27. The number of rotatable bonds is 1. The monoisotopic (exact) mass is 254 g/mol. The van der Waals surface area contributed by atoms with Crippen molar-refractivity contribution >= 4 is 17.5 Å². The lowest BCUT2D eigenvalue weighted by Crippen LogP contribution is -2.56. The van der Waals surface area contributed by atoms with Gasteiger partial charge in [-0.2, -0.15) is 0 Å². The fourth-order valence-electron chi connectivity index (χ4n) is 2.11. The lowest BCUT2D eigenvalue weighted by Gasteiger charge is -2.36. The second-order valence-electron chi connectivity index (χ2n) is 4.40. The van der Waals surface area contributed by atoms with Gasteiger partial charge in [0, 0.05) is 31.4 Å². The summed E-state index contributed by atoms with van der Waals surface area (Å²) in [5.41, 5.74) is 0.281. The van der Waals surface area contributed by atoms with Crippen LogP contribution in [0.25, 0.3) is 0 Å². The predicted octanol–water partition coefficient (Wildman–Crippen LogP) is 0.952. The molecule has 0 radical (unpaired) electrons. The molecule has 1 fully saturated rings. The lowest BCUT2D eigenvalue weighted by molar-refractivity contribution is 0.0668. The second-order valence-corrected chi connectivity index (χ2v) is 4.81. The third-order valence-electron chi connectivity index (χ3n) is 2.71. The van der Waals surface area contributed by atoms with Gasteiger partial charge in [-0.25, -0.2) is 9.97 Å². The summed E-state index contributed by atoms with van der Waals surface area (Å²) in [7, 11) is 0. The van der Waals surface area contributed by atoms with Gasteiger partial charge in [-0.05, 0) is 13.8 Å². The number of amides is 1. The van der Waals surface area contributed by atoms with Gasteiger partial charge in [-0.3, -0.25) is 4.79 Å². The minimum atomic E-state index is -0.127. The van der Waals surface area contributed by atoms with Gasteiger partial charge in [0.05, 0.1) is 5.02 Å². The molecule has 0 aliphatic carbocycles. The minimum Gasteiger partial charge on any atom is -0.334 e. The quantitative estimate of drug-likeness (QED) is 0.811. The maximum atomic E-state index is 12.2. The third kappa shape index (κ3) is 2.73. The molecule has 2 heterocycles. The first-order chi connectivity index (χ1) is 8.08. The Balaban J connectivity index is 2.17. The lowest BCUT2D eigenvalue weighted by atomic mass is 10.1. The number of carbonyl (C=O) groups excluding carboxylic acids is 1. The molecule has 0 aromatic carbocycles. The van der Waals surface area contributed by atoms with Crippen molar-refractivity contribution < 1.29 is 4.79 Å². The normalized spacial score (nSPS) is 24.8. The molecule has 1 aromatic heterocycles. The van der Waals surface area contributed by atoms with E-state index in [9.17, 15) is 4.79 Å². The van der Waals surface area contributed by atoms with Crippen molar-refractivity contribution in [3.63, 3.8) is 0 Å². The molecule has 0 unspecified atom stereocenters. The standard InChI is InChI=1S/C11H15ClN4O/c1-7-4-16(5-8(2)15-7)11(17)10-9(12)3-13-6-14-10/h3,6-8,15H,4-5H2,1-2H3/t7-,8+. The molecule has 92 valence electrons. The Labute approximate surface area is 105 Å². The van der Waals surface area contributed by atoms with Gasteiger partial charge in [0.25, 0.3) is 5.91 Å². The molecule has 1 saturated heterocycles. The first-order valence-corrected chi connectivity index (χ1v) is 5.96. The van der Waals surface area contributed by atoms with E-state index < -0.39 is 0 Å². The average molecular weight is 255 g/mol. The summed E-state index contributed by atoms with van der Waals surface area (Å²) in [5, 5.41) is 3.67. The number of hydrogen-bond acceptors (Lipinski definition) is 4. The molecule has 2 rings (SSSR count). The maximum absolute atomic E-state index is 12.2. The molecule has 1 N–H and O–H groups in total. The van der Waals surface area contributed by atoms with E-state index in [-0.39, 0.29) is 23.7 Å². The van der Waals surface area contributed by atoms with Crippen molar-refractivity contribution in [1.29, 1.82) is 0 Å². The number of piperazine rings is 1. The van der Waals surface area contributed by atoms with Crippen molar-refractivity contribution in [1.82, 2.24) is 20.2 Å². The summed E-state index contributed by atoms with van der Waals surface area (Å²) >= 11 is 5.92. The van der Waals surface area contributed by atoms with E-state index in [0.29, 0.717) is 18.1 Å².